The average molecular weight is 243 g/mol. The Labute approximate surface area is 109 Å². The molecule has 0 aromatic heterocycles. The van der Waals surface area contributed by atoms with E-state index in [2.05, 4.69) is 50.2 Å². The molecule has 0 amide bonds. The summed E-state index contributed by atoms with van der Waals surface area (Å²) in [6.45, 7) is 6.61. The van der Waals surface area contributed by atoms with Crippen LogP contribution in [0, 0.1) is 5.41 Å². The van der Waals surface area contributed by atoms with E-state index in [4.69, 9.17) is 4.74 Å². The molecule has 2 rings (SSSR count). The number of methoxy groups -OCH3 is 1. The van der Waals surface area contributed by atoms with Crippen LogP contribution in [-0.2, 0) is 0 Å². The molecule has 2 nitrogen and oxygen atoms in total. The predicted molar refractivity (Wildman–Crippen MR) is 77.1 cm³/mol. The van der Waals surface area contributed by atoms with Gasteiger partial charge in [0.05, 0.1) is 12.8 Å². The Morgan fingerprint density at radius 1 is 1.39 bits per heavy atom. The van der Waals surface area contributed by atoms with Crippen molar-refractivity contribution in [3.63, 3.8) is 0 Å². The van der Waals surface area contributed by atoms with Crippen LogP contribution in [0.5, 0.6) is 5.75 Å². The van der Waals surface area contributed by atoms with Crippen LogP contribution in [0.4, 0.5) is 5.69 Å². The number of nitrogens with zero attached hydrogens (tertiary/aromatic N) is 1. The summed E-state index contributed by atoms with van der Waals surface area (Å²) in [6, 6.07) is 6.11. The number of rotatable bonds is 3. The van der Waals surface area contributed by atoms with Gasteiger partial charge >= 0.3 is 0 Å². The van der Waals surface area contributed by atoms with Crippen molar-refractivity contribution in [1.29, 1.82) is 0 Å². The Morgan fingerprint density at radius 3 is 2.83 bits per heavy atom. The summed E-state index contributed by atoms with van der Waals surface area (Å²) in [7, 11) is 1.70. The number of aliphatic imine (C=N–C) groups is 1. The van der Waals surface area contributed by atoms with Gasteiger partial charge in [-0.3, -0.25) is 4.99 Å². The minimum atomic E-state index is 0.0467. The first-order valence-corrected chi connectivity index (χ1v) is 6.48. The van der Waals surface area contributed by atoms with E-state index in [1.807, 2.05) is 12.1 Å². The molecule has 96 valence electrons. The molecule has 1 unspecified atom stereocenters. The van der Waals surface area contributed by atoms with Gasteiger partial charge in [0.25, 0.3) is 0 Å². The highest BCUT2D eigenvalue weighted by Crippen LogP contribution is 2.44. The van der Waals surface area contributed by atoms with E-state index in [0.717, 1.165) is 17.9 Å². The molecule has 1 atom stereocenters. The van der Waals surface area contributed by atoms with Crippen LogP contribution in [0.1, 0.15) is 38.7 Å². The Morgan fingerprint density at radius 2 is 2.17 bits per heavy atom. The van der Waals surface area contributed by atoms with Gasteiger partial charge in [-0.25, -0.2) is 0 Å². The molecule has 0 bridgehead atoms. The lowest BCUT2D eigenvalue weighted by atomic mass is 9.73. The van der Waals surface area contributed by atoms with Crippen molar-refractivity contribution >= 4 is 11.9 Å². The molecule has 0 fully saturated rings. The molecule has 0 saturated carbocycles. The first-order chi connectivity index (χ1) is 8.58. The van der Waals surface area contributed by atoms with Crippen molar-refractivity contribution in [3.05, 3.63) is 35.9 Å². The zero-order chi connectivity index (χ0) is 13.2. The van der Waals surface area contributed by atoms with Crippen LogP contribution < -0.4 is 4.74 Å². The van der Waals surface area contributed by atoms with E-state index >= 15 is 0 Å². The van der Waals surface area contributed by atoms with Crippen LogP contribution >= 0.6 is 0 Å². The number of allylic oxidation sites excluding steroid dienone is 2. The Hall–Kier alpha value is -1.57. The van der Waals surface area contributed by atoms with Crippen LogP contribution in [0.3, 0.4) is 0 Å². The van der Waals surface area contributed by atoms with Crippen molar-refractivity contribution in [3.8, 4) is 5.75 Å². The summed E-state index contributed by atoms with van der Waals surface area (Å²) < 4.78 is 5.33. The van der Waals surface area contributed by atoms with Crippen LogP contribution in [0.2, 0.25) is 0 Å². The zero-order valence-corrected chi connectivity index (χ0v) is 11.6. The third-order valence-electron chi connectivity index (χ3n) is 3.47. The predicted octanol–water partition coefficient (Wildman–Crippen LogP) is 4.49. The molecule has 1 aliphatic rings. The maximum Gasteiger partial charge on any atom is 0.119 e. The second-order valence-electron chi connectivity index (χ2n) is 5.32. The molecular weight excluding hydrogens is 222 g/mol. The van der Waals surface area contributed by atoms with Gasteiger partial charge in [0.2, 0.25) is 0 Å². The highest BCUT2D eigenvalue weighted by Gasteiger charge is 2.32. The molecule has 1 aliphatic heterocycles. The molecular formula is C16H21NO. The summed E-state index contributed by atoms with van der Waals surface area (Å²) in [5.74, 6) is 1.26. The van der Waals surface area contributed by atoms with Gasteiger partial charge < -0.3 is 4.74 Å². The summed E-state index contributed by atoms with van der Waals surface area (Å²) >= 11 is 0. The maximum atomic E-state index is 5.33. The Balaban J connectivity index is 2.50. The molecule has 2 heteroatoms. The fourth-order valence-corrected chi connectivity index (χ4v) is 2.37. The van der Waals surface area contributed by atoms with E-state index in [9.17, 15) is 0 Å². The lowest BCUT2D eigenvalue weighted by Crippen LogP contribution is -2.25. The fraction of sp³-hybridized carbons (Fsp3) is 0.438. The monoisotopic (exact) mass is 243 g/mol. The van der Waals surface area contributed by atoms with Gasteiger partial charge in [0.1, 0.15) is 5.75 Å². The highest BCUT2D eigenvalue weighted by atomic mass is 16.5. The molecule has 1 heterocycles. The van der Waals surface area contributed by atoms with Crippen LogP contribution in [-0.4, -0.2) is 13.3 Å². The largest absolute Gasteiger partial charge is 0.497 e. The molecule has 1 aromatic carbocycles. The summed E-state index contributed by atoms with van der Waals surface area (Å²) in [4.78, 5) is 4.57. The molecule has 0 N–H and O–H groups in total. The third kappa shape index (κ3) is 2.33. The molecule has 0 radical (unpaired) electrons. The summed E-state index contributed by atoms with van der Waals surface area (Å²) in [5.41, 5.74) is 2.36. The Kier molecular flexibility index (Phi) is 3.55. The van der Waals surface area contributed by atoms with E-state index < -0.39 is 0 Å². The van der Waals surface area contributed by atoms with Crippen LogP contribution in [0.25, 0.3) is 0 Å². The minimum Gasteiger partial charge on any atom is -0.497 e. The highest BCUT2D eigenvalue weighted by molar-refractivity contribution is 5.77. The average Bonchev–Trinajstić information content (AvgIpc) is 2.36. The number of benzene rings is 1. The summed E-state index contributed by atoms with van der Waals surface area (Å²) in [5, 5.41) is 0. The van der Waals surface area contributed by atoms with E-state index in [1.165, 1.54) is 5.56 Å². The van der Waals surface area contributed by atoms with Crippen molar-refractivity contribution < 1.29 is 4.74 Å². The van der Waals surface area contributed by atoms with Gasteiger partial charge in [-0.2, -0.15) is 0 Å². The van der Waals surface area contributed by atoms with Crippen molar-refractivity contribution in [2.45, 2.75) is 33.1 Å². The van der Waals surface area contributed by atoms with Gasteiger partial charge in [0.15, 0.2) is 0 Å². The van der Waals surface area contributed by atoms with E-state index in [1.54, 1.807) is 7.11 Å². The first kappa shape index (κ1) is 12.9. The summed E-state index contributed by atoms with van der Waals surface area (Å²) in [6.07, 6.45) is 7.65. The van der Waals surface area contributed by atoms with Gasteiger partial charge in [-0.1, -0.05) is 32.9 Å². The molecule has 18 heavy (non-hydrogen) atoms. The second-order valence-corrected chi connectivity index (χ2v) is 5.32. The first-order valence-electron chi connectivity index (χ1n) is 6.48. The van der Waals surface area contributed by atoms with Gasteiger partial charge in [0, 0.05) is 17.5 Å². The second kappa shape index (κ2) is 4.97. The van der Waals surface area contributed by atoms with Crippen molar-refractivity contribution in [1.82, 2.24) is 0 Å². The number of hydrogen-bond donors (Lipinski definition) is 0. The quantitative estimate of drug-likeness (QED) is 0.717. The third-order valence-corrected chi connectivity index (χ3v) is 3.47. The fourth-order valence-electron chi connectivity index (χ4n) is 2.37. The zero-order valence-electron chi connectivity index (χ0n) is 11.6. The van der Waals surface area contributed by atoms with Crippen LogP contribution in [0.15, 0.2) is 35.3 Å². The minimum absolute atomic E-state index is 0.0467. The number of fused-ring (bicyclic) bond motifs is 1. The molecule has 0 aliphatic carbocycles. The standard InChI is InChI=1S/C16H21NO/c1-5-6-7-14-13-10-12(18-4)8-9-15(13)17-11-16(14,2)3/h6-11,14H,5H2,1-4H3. The number of hydrogen-bond acceptors (Lipinski definition) is 2. The smallest absolute Gasteiger partial charge is 0.119 e. The maximum absolute atomic E-state index is 5.33. The Bertz CT molecular complexity index is 486. The van der Waals surface area contributed by atoms with Gasteiger partial charge in [-0.05, 0) is 30.2 Å². The molecule has 1 aromatic rings. The lowest BCUT2D eigenvalue weighted by Gasteiger charge is -2.33. The SMILES string of the molecule is CCC=CC1c2cc(OC)ccc2N=CC1(C)C. The topological polar surface area (TPSA) is 21.6 Å². The molecule has 0 spiro atoms. The molecule has 0 saturated heterocycles. The van der Waals surface area contributed by atoms with E-state index in [-0.39, 0.29) is 5.41 Å². The normalized spacial score (nSPS) is 21.0. The lowest BCUT2D eigenvalue weighted by molar-refractivity contribution is 0.411. The van der Waals surface area contributed by atoms with Crippen molar-refractivity contribution in [2.75, 3.05) is 7.11 Å². The van der Waals surface area contributed by atoms with Crippen molar-refractivity contribution in [2.24, 2.45) is 10.4 Å². The number of ether oxygens (including phenoxy) is 1. The van der Waals surface area contributed by atoms with E-state index in [0.29, 0.717) is 5.92 Å². The van der Waals surface area contributed by atoms with Gasteiger partial charge in [-0.15, -0.1) is 0 Å².